The number of halogens is 1. The van der Waals surface area contributed by atoms with Crippen molar-refractivity contribution in [3.63, 3.8) is 0 Å². The number of rotatable bonds is 4. The molecule has 2 aromatic carbocycles. The van der Waals surface area contributed by atoms with Crippen LogP contribution in [0.15, 0.2) is 59.5 Å². The number of anilines is 1. The van der Waals surface area contributed by atoms with Gasteiger partial charge in [-0.3, -0.25) is 4.79 Å². The van der Waals surface area contributed by atoms with Gasteiger partial charge in [-0.15, -0.1) is 0 Å². The molecule has 0 aliphatic rings. The first-order chi connectivity index (χ1) is 13.5. The molecule has 0 aliphatic heterocycles. The number of aryl methyl sites for hydroxylation is 2. The van der Waals surface area contributed by atoms with Gasteiger partial charge in [0.15, 0.2) is 11.3 Å². The van der Waals surface area contributed by atoms with E-state index in [1.54, 1.807) is 12.3 Å². The van der Waals surface area contributed by atoms with Crippen molar-refractivity contribution in [2.75, 3.05) is 5.32 Å². The molecule has 0 spiro atoms. The van der Waals surface area contributed by atoms with Crippen LogP contribution in [0.25, 0.3) is 22.4 Å². The smallest absolute Gasteiger partial charge is 0.192 e. The summed E-state index contributed by atoms with van der Waals surface area (Å²) >= 11 is 6.07. The van der Waals surface area contributed by atoms with E-state index in [9.17, 15) is 4.79 Å². The molecule has 2 heterocycles. The number of H-pyrrole nitrogens is 1. The van der Waals surface area contributed by atoms with E-state index in [-0.39, 0.29) is 5.43 Å². The lowest BCUT2D eigenvalue weighted by atomic mass is 10.1. The van der Waals surface area contributed by atoms with E-state index in [4.69, 9.17) is 11.6 Å². The molecule has 0 unspecified atom stereocenters. The lowest BCUT2D eigenvalue weighted by Crippen LogP contribution is -2.11. The first-order valence-electron chi connectivity index (χ1n) is 8.95. The molecule has 0 saturated heterocycles. The lowest BCUT2D eigenvalue weighted by Gasteiger charge is -2.11. The van der Waals surface area contributed by atoms with E-state index < -0.39 is 0 Å². The number of nitrogens with zero attached hydrogens (tertiary/aromatic N) is 2. The Hall–Kier alpha value is -3.18. The second-order valence-electron chi connectivity index (χ2n) is 6.80. The molecule has 4 rings (SSSR count). The number of benzene rings is 2. The molecule has 6 heteroatoms. The highest BCUT2D eigenvalue weighted by atomic mass is 35.5. The summed E-state index contributed by atoms with van der Waals surface area (Å²) in [5, 5.41) is 4.45. The fourth-order valence-corrected chi connectivity index (χ4v) is 3.25. The Bertz CT molecular complexity index is 1230. The van der Waals surface area contributed by atoms with Crippen molar-refractivity contribution in [3.8, 4) is 11.4 Å². The number of aromatic nitrogens is 3. The molecule has 140 valence electrons. The minimum Gasteiger partial charge on any atom is -0.379 e. The third-order valence-corrected chi connectivity index (χ3v) is 4.82. The number of hydrogen-bond donors (Lipinski definition) is 2. The zero-order valence-electron chi connectivity index (χ0n) is 15.6. The average Bonchev–Trinajstić information content (AvgIpc) is 2.68. The van der Waals surface area contributed by atoms with Crippen molar-refractivity contribution in [1.29, 1.82) is 0 Å². The third kappa shape index (κ3) is 3.75. The standard InChI is InChI=1S/C22H19ClN4O/c1-13-4-3-5-15(8-13)21-25-12-18-20(28)10-17(26-22(18)27-21)11-24-19-9-16(23)7-6-14(19)2/h3-10,12,24H,11H2,1-2H3,(H,25,26,27,28). The molecule has 0 fully saturated rings. The number of fused-ring (bicyclic) bond motifs is 1. The SMILES string of the molecule is Cc1cccc(-c2ncc3c(=O)cc(CNc4cc(Cl)ccc4C)[nH]c3n2)c1. The van der Waals surface area contributed by atoms with Crippen LogP contribution in [-0.4, -0.2) is 15.0 Å². The maximum atomic E-state index is 12.5. The molecule has 2 aromatic heterocycles. The van der Waals surface area contributed by atoms with Crippen LogP contribution in [0.4, 0.5) is 5.69 Å². The minimum atomic E-state index is -0.107. The summed E-state index contributed by atoms with van der Waals surface area (Å²) in [4.78, 5) is 24.7. The predicted octanol–water partition coefficient (Wildman–Crippen LogP) is 4.87. The average molecular weight is 391 g/mol. The zero-order chi connectivity index (χ0) is 19.7. The highest BCUT2D eigenvalue weighted by Crippen LogP contribution is 2.21. The molecular formula is C22H19ClN4O. The van der Waals surface area contributed by atoms with E-state index in [0.717, 1.165) is 28.1 Å². The fourth-order valence-electron chi connectivity index (χ4n) is 3.08. The van der Waals surface area contributed by atoms with Crippen LogP contribution in [-0.2, 0) is 6.54 Å². The molecule has 0 atom stereocenters. The summed E-state index contributed by atoms with van der Waals surface area (Å²) < 4.78 is 0. The Morgan fingerprint density at radius 1 is 1.11 bits per heavy atom. The number of nitrogens with one attached hydrogen (secondary N) is 2. The summed E-state index contributed by atoms with van der Waals surface area (Å²) in [6.07, 6.45) is 1.58. The van der Waals surface area contributed by atoms with Gasteiger partial charge in [0.1, 0.15) is 5.65 Å². The monoisotopic (exact) mass is 390 g/mol. The van der Waals surface area contributed by atoms with Gasteiger partial charge in [-0.2, -0.15) is 0 Å². The minimum absolute atomic E-state index is 0.107. The molecule has 0 amide bonds. The zero-order valence-corrected chi connectivity index (χ0v) is 16.3. The van der Waals surface area contributed by atoms with Crippen molar-refractivity contribution in [2.24, 2.45) is 0 Å². The molecule has 2 N–H and O–H groups in total. The van der Waals surface area contributed by atoms with Crippen molar-refractivity contribution in [2.45, 2.75) is 20.4 Å². The molecule has 0 aliphatic carbocycles. The quantitative estimate of drug-likeness (QED) is 0.521. The van der Waals surface area contributed by atoms with Crippen LogP contribution in [0.2, 0.25) is 5.02 Å². The molecule has 0 bridgehead atoms. The molecule has 5 nitrogen and oxygen atoms in total. The Kier molecular flexibility index (Phi) is 4.84. The van der Waals surface area contributed by atoms with Gasteiger partial charge in [-0.25, -0.2) is 9.97 Å². The third-order valence-electron chi connectivity index (χ3n) is 4.58. The van der Waals surface area contributed by atoms with Crippen LogP contribution >= 0.6 is 11.6 Å². The van der Waals surface area contributed by atoms with Crippen LogP contribution in [0, 0.1) is 13.8 Å². The summed E-state index contributed by atoms with van der Waals surface area (Å²) in [6, 6.07) is 15.2. The second kappa shape index (κ2) is 7.44. The number of aromatic amines is 1. The molecule has 0 radical (unpaired) electrons. The second-order valence-corrected chi connectivity index (χ2v) is 7.23. The van der Waals surface area contributed by atoms with Gasteiger partial charge < -0.3 is 10.3 Å². The van der Waals surface area contributed by atoms with Gasteiger partial charge in [0.05, 0.1) is 11.9 Å². The first-order valence-corrected chi connectivity index (χ1v) is 9.33. The van der Waals surface area contributed by atoms with E-state index in [0.29, 0.717) is 28.4 Å². The fraction of sp³-hybridized carbons (Fsp3) is 0.136. The van der Waals surface area contributed by atoms with E-state index in [1.807, 2.05) is 56.3 Å². The normalized spacial score (nSPS) is 11.0. The number of pyridine rings is 1. The topological polar surface area (TPSA) is 70.7 Å². The van der Waals surface area contributed by atoms with Gasteiger partial charge in [0, 0.05) is 34.2 Å². The Morgan fingerprint density at radius 2 is 1.96 bits per heavy atom. The van der Waals surface area contributed by atoms with Crippen LogP contribution in [0.3, 0.4) is 0 Å². The highest BCUT2D eigenvalue weighted by Gasteiger charge is 2.08. The molecule has 4 aromatic rings. The van der Waals surface area contributed by atoms with Crippen LogP contribution in [0.5, 0.6) is 0 Å². The van der Waals surface area contributed by atoms with E-state index in [1.165, 1.54) is 0 Å². The number of hydrogen-bond acceptors (Lipinski definition) is 4. The summed E-state index contributed by atoms with van der Waals surface area (Å²) in [7, 11) is 0. The maximum Gasteiger partial charge on any atom is 0.192 e. The van der Waals surface area contributed by atoms with Gasteiger partial charge in [-0.05, 0) is 37.6 Å². The Balaban J connectivity index is 1.68. The highest BCUT2D eigenvalue weighted by molar-refractivity contribution is 6.30. The van der Waals surface area contributed by atoms with E-state index in [2.05, 4.69) is 20.3 Å². The van der Waals surface area contributed by atoms with Gasteiger partial charge >= 0.3 is 0 Å². The molecular weight excluding hydrogens is 372 g/mol. The summed E-state index contributed by atoms with van der Waals surface area (Å²) in [5.41, 5.74) is 5.21. The van der Waals surface area contributed by atoms with Crippen molar-refractivity contribution in [3.05, 3.63) is 86.8 Å². The van der Waals surface area contributed by atoms with Crippen molar-refractivity contribution >= 4 is 28.3 Å². The van der Waals surface area contributed by atoms with E-state index >= 15 is 0 Å². The Morgan fingerprint density at radius 3 is 2.79 bits per heavy atom. The van der Waals surface area contributed by atoms with Crippen LogP contribution in [0.1, 0.15) is 16.8 Å². The van der Waals surface area contributed by atoms with Crippen molar-refractivity contribution in [1.82, 2.24) is 15.0 Å². The lowest BCUT2D eigenvalue weighted by molar-refractivity contribution is 1.04. The maximum absolute atomic E-state index is 12.5. The molecule has 0 saturated carbocycles. The summed E-state index contributed by atoms with van der Waals surface area (Å²) in [5.74, 6) is 0.586. The van der Waals surface area contributed by atoms with Gasteiger partial charge in [-0.1, -0.05) is 41.4 Å². The first kappa shape index (κ1) is 18.2. The predicted molar refractivity (Wildman–Crippen MR) is 114 cm³/mol. The molecule has 28 heavy (non-hydrogen) atoms. The van der Waals surface area contributed by atoms with Crippen molar-refractivity contribution < 1.29 is 0 Å². The van der Waals surface area contributed by atoms with Crippen LogP contribution < -0.4 is 10.7 Å². The Labute approximate surface area is 167 Å². The van der Waals surface area contributed by atoms with Gasteiger partial charge in [0.25, 0.3) is 0 Å². The van der Waals surface area contributed by atoms with Gasteiger partial charge in [0.2, 0.25) is 0 Å². The summed E-state index contributed by atoms with van der Waals surface area (Å²) in [6.45, 7) is 4.48. The largest absolute Gasteiger partial charge is 0.379 e.